The van der Waals surface area contributed by atoms with Crippen LogP contribution in [0.1, 0.15) is 26.7 Å². The molecule has 1 aromatic heterocycles. The SMILES string of the molecule is CCN(CC(C)(C)O)c1nnc(CNC)o1. The molecule has 0 bridgehead atoms. The predicted molar refractivity (Wildman–Crippen MR) is 61.2 cm³/mol. The van der Waals surface area contributed by atoms with Crippen molar-refractivity contribution in [3.63, 3.8) is 0 Å². The highest BCUT2D eigenvalue weighted by molar-refractivity contribution is 5.24. The van der Waals surface area contributed by atoms with Crippen LogP contribution in [0.25, 0.3) is 0 Å². The highest BCUT2D eigenvalue weighted by Gasteiger charge is 2.21. The van der Waals surface area contributed by atoms with Crippen LogP contribution in [0.4, 0.5) is 6.01 Å². The summed E-state index contributed by atoms with van der Waals surface area (Å²) >= 11 is 0. The second-order valence-corrected chi connectivity index (χ2v) is 4.34. The van der Waals surface area contributed by atoms with Crippen LogP contribution in [0.5, 0.6) is 0 Å². The first-order valence-corrected chi connectivity index (χ1v) is 5.40. The van der Waals surface area contributed by atoms with Crippen molar-refractivity contribution in [1.29, 1.82) is 0 Å². The molecule has 0 spiro atoms. The summed E-state index contributed by atoms with van der Waals surface area (Å²) in [4.78, 5) is 1.85. The standard InChI is InChI=1S/C10H20N4O2/c1-5-14(7-10(2,3)15)9-13-12-8(16-9)6-11-4/h11,15H,5-7H2,1-4H3. The molecule has 1 rings (SSSR count). The average molecular weight is 228 g/mol. The summed E-state index contributed by atoms with van der Waals surface area (Å²) < 4.78 is 5.45. The summed E-state index contributed by atoms with van der Waals surface area (Å²) in [5.41, 5.74) is -0.784. The van der Waals surface area contributed by atoms with Crippen molar-refractivity contribution in [2.45, 2.75) is 32.9 Å². The number of rotatable bonds is 6. The molecule has 6 heteroatoms. The third-order valence-electron chi connectivity index (χ3n) is 2.01. The molecule has 0 aromatic carbocycles. The fourth-order valence-corrected chi connectivity index (χ4v) is 1.38. The van der Waals surface area contributed by atoms with Gasteiger partial charge in [0.15, 0.2) is 0 Å². The molecule has 16 heavy (non-hydrogen) atoms. The zero-order valence-corrected chi connectivity index (χ0v) is 10.3. The molecule has 0 fully saturated rings. The Morgan fingerprint density at radius 1 is 1.44 bits per heavy atom. The lowest BCUT2D eigenvalue weighted by atomic mass is 10.1. The number of nitrogens with zero attached hydrogens (tertiary/aromatic N) is 3. The first-order chi connectivity index (χ1) is 7.46. The van der Waals surface area contributed by atoms with Gasteiger partial charge in [0.2, 0.25) is 5.89 Å². The van der Waals surface area contributed by atoms with E-state index in [0.717, 1.165) is 0 Å². The highest BCUT2D eigenvalue weighted by atomic mass is 16.4. The van der Waals surface area contributed by atoms with Crippen LogP contribution in [0.15, 0.2) is 4.42 Å². The molecule has 0 aliphatic carbocycles. The Morgan fingerprint density at radius 2 is 2.12 bits per heavy atom. The molecule has 1 heterocycles. The maximum absolute atomic E-state index is 9.75. The van der Waals surface area contributed by atoms with Gasteiger partial charge < -0.3 is 19.7 Å². The molecule has 2 N–H and O–H groups in total. The van der Waals surface area contributed by atoms with E-state index in [4.69, 9.17) is 4.42 Å². The number of nitrogens with one attached hydrogen (secondary N) is 1. The Balaban J connectivity index is 2.71. The van der Waals surface area contributed by atoms with Crippen LogP contribution in [-0.4, -0.2) is 41.0 Å². The summed E-state index contributed by atoms with van der Waals surface area (Å²) in [5, 5.41) is 20.5. The van der Waals surface area contributed by atoms with Crippen molar-refractivity contribution in [2.24, 2.45) is 0 Å². The monoisotopic (exact) mass is 228 g/mol. The second-order valence-electron chi connectivity index (χ2n) is 4.34. The van der Waals surface area contributed by atoms with E-state index in [0.29, 0.717) is 31.5 Å². The third-order valence-corrected chi connectivity index (χ3v) is 2.01. The van der Waals surface area contributed by atoms with E-state index < -0.39 is 5.60 Å². The molecular weight excluding hydrogens is 208 g/mol. The van der Waals surface area contributed by atoms with Crippen LogP contribution in [0, 0.1) is 0 Å². The van der Waals surface area contributed by atoms with Gasteiger partial charge in [-0.05, 0) is 27.8 Å². The molecule has 0 unspecified atom stereocenters. The smallest absolute Gasteiger partial charge is 0.318 e. The number of likely N-dealkylation sites (N-methyl/N-ethyl adjacent to an activating group) is 1. The molecule has 0 saturated carbocycles. The number of hydrogen-bond acceptors (Lipinski definition) is 6. The topological polar surface area (TPSA) is 74.4 Å². The van der Waals surface area contributed by atoms with Crippen molar-refractivity contribution in [1.82, 2.24) is 15.5 Å². The molecule has 0 aliphatic heterocycles. The van der Waals surface area contributed by atoms with Gasteiger partial charge in [0, 0.05) is 6.54 Å². The van der Waals surface area contributed by atoms with Crippen molar-refractivity contribution >= 4 is 6.01 Å². The summed E-state index contributed by atoms with van der Waals surface area (Å²) in [6.45, 7) is 7.21. The van der Waals surface area contributed by atoms with E-state index in [-0.39, 0.29) is 0 Å². The number of aliphatic hydroxyl groups is 1. The lowest BCUT2D eigenvalue weighted by Gasteiger charge is -2.26. The van der Waals surface area contributed by atoms with E-state index in [1.54, 1.807) is 13.8 Å². The van der Waals surface area contributed by atoms with Crippen LogP contribution < -0.4 is 10.2 Å². The van der Waals surface area contributed by atoms with Crippen molar-refractivity contribution in [3.05, 3.63) is 5.89 Å². The third kappa shape index (κ3) is 3.79. The minimum Gasteiger partial charge on any atom is -0.407 e. The Hall–Kier alpha value is -1.14. The summed E-state index contributed by atoms with van der Waals surface area (Å²) in [5.74, 6) is 0.548. The quantitative estimate of drug-likeness (QED) is 0.733. The van der Waals surface area contributed by atoms with Gasteiger partial charge in [-0.2, -0.15) is 0 Å². The second kappa shape index (κ2) is 5.27. The highest BCUT2D eigenvalue weighted by Crippen LogP contribution is 2.15. The van der Waals surface area contributed by atoms with Crippen molar-refractivity contribution in [3.8, 4) is 0 Å². The Bertz CT molecular complexity index is 319. The lowest BCUT2D eigenvalue weighted by Crippen LogP contribution is -2.38. The van der Waals surface area contributed by atoms with Crippen LogP contribution in [0.3, 0.4) is 0 Å². The van der Waals surface area contributed by atoms with Crippen molar-refractivity contribution < 1.29 is 9.52 Å². The van der Waals surface area contributed by atoms with E-state index in [9.17, 15) is 5.11 Å². The molecule has 0 amide bonds. The van der Waals surface area contributed by atoms with Crippen LogP contribution in [0.2, 0.25) is 0 Å². The fraction of sp³-hybridized carbons (Fsp3) is 0.800. The molecule has 6 nitrogen and oxygen atoms in total. The summed E-state index contributed by atoms with van der Waals surface area (Å²) in [6.07, 6.45) is 0. The zero-order valence-electron chi connectivity index (χ0n) is 10.3. The molecular formula is C10H20N4O2. The maximum Gasteiger partial charge on any atom is 0.318 e. The van der Waals surface area contributed by atoms with Crippen molar-refractivity contribution in [2.75, 3.05) is 25.0 Å². The number of anilines is 1. The van der Waals surface area contributed by atoms with Crippen LogP contribution >= 0.6 is 0 Å². The van der Waals surface area contributed by atoms with Gasteiger partial charge in [0.05, 0.1) is 18.7 Å². The largest absolute Gasteiger partial charge is 0.407 e. The van der Waals surface area contributed by atoms with E-state index in [1.807, 2.05) is 18.9 Å². The van der Waals surface area contributed by atoms with Gasteiger partial charge in [-0.1, -0.05) is 5.10 Å². The minimum atomic E-state index is -0.784. The zero-order chi connectivity index (χ0) is 12.2. The first-order valence-electron chi connectivity index (χ1n) is 5.40. The average Bonchev–Trinajstić information content (AvgIpc) is 2.62. The van der Waals surface area contributed by atoms with Crippen LogP contribution in [-0.2, 0) is 6.54 Å². The van der Waals surface area contributed by atoms with Gasteiger partial charge >= 0.3 is 6.01 Å². The van der Waals surface area contributed by atoms with Gasteiger partial charge in [-0.15, -0.1) is 5.10 Å². The van der Waals surface area contributed by atoms with Gasteiger partial charge in [0.1, 0.15) is 0 Å². The molecule has 0 aliphatic rings. The minimum absolute atomic E-state index is 0.454. The fourth-order valence-electron chi connectivity index (χ4n) is 1.38. The maximum atomic E-state index is 9.75. The predicted octanol–water partition coefficient (Wildman–Crippen LogP) is 0.386. The Kier molecular flexibility index (Phi) is 4.26. The normalized spacial score (nSPS) is 11.8. The Labute approximate surface area is 95.7 Å². The lowest BCUT2D eigenvalue weighted by molar-refractivity contribution is 0.0863. The summed E-state index contributed by atoms with van der Waals surface area (Å²) in [6, 6.07) is 0.454. The molecule has 0 saturated heterocycles. The Morgan fingerprint density at radius 3 is 2.62 bits per heavy atom. The van der Waals surface area contributed by atoms with E-state index in [2.05, 4.69) is 15.5 Å². The first kappa shape index (κ1) is 12.9. The van der Waals surface area contributed by atoms with E-state index >= 15 is 0 Å². The van der Waals surface area contributed by atoms with Gasteiger partial charge in [0.25, 0.3) is 0 Å². The molecule has 1 aromatic rings. The van der Waals surface area contributed by atoms with Gasteiger partial charge in [-0.3, -0.25) is 0 Å². The van der Waals surface area contributed by atoms with E-state index in [1.165, 1.54) is 0 Å². The number of aromatic nitrogens is 2. The molecule has 0 radical (unpaired) electrons. The molecule has 92 valence electrons. The summed E-state index contributed by atoms with van der Waals surface area (Å²) in [7, 11) is 1.82. The number of hydrogen-bond donors (Lipinski definition) is 2. The molecule has 0 atom stereocenters. The van der Waals surface area contributed by atoms with Gasteiger partial charge in [-0.25, -0.2) is 0 Å².